The maximum absolute atomic E-state index is 9.81. The molecule has 0 amide bonds. The average Bonchev–Trinajstić information content (AvgIpc) is 2.47. The second-order valence-electron chi connectivity index (χ2n) is 4.53. The third-order valence-electron chi connectivity index (χ3n) is 2.94. The molecule has 0 bridgehead atoms. The van der Waals surface area contributed by atoms with Gasteiger partial charge in [0.2, 0.25) is 0 Å². The summed E-state index contributed by atoms with van der Waals surface area (Å²) >= 11 is 0. The molecule has 0 unspecified atom stereocenters. The number of hydrogen-bond donors (Lipinski definition) is 1. The Balaban J connectivity index is 1.76. The minimum absolute atomic E-state index is 0.538. The smallest absolute Gasteiger partial charge is 0.115 e. The highest BCUT2D eigenvalue weighted by Gasteiger charge is 1.99. The standard InChI is InChI=1S/C18H18O/c19-18(15-14-17-10-5-2-6-11-17)13-7-12-16-8-3-1-4-9-16/h1-6,8-11,18-19H,7,12-13H2/t18-/m1/s1. The van der Waals surface area contributed by atoms with E-state index < -0.39 is 6.10 Å². The Morgan fingerprint density at radius 2 is 1.53 bits per heavy atom. The van der Waals surface area contributed by atoms with E-state index in [0.717, 1.165) is 18.4 Å². The number of aliphatic hydroxyl groups is 1. The van der Waals surface area contributed by atoms with E-state index in [4.69, 9.17) is 0 Å². The van der Waals surface area contributed by atoms with Crippen molar-refractivity contribution in [3.63, 3.8) is 0 Å². The summed E-state index contributed by atoms with van der Waals surface area (Å²) in [5.41, 5.74) is 2.26. The minimum Gasteiger partial charge on any atom is -0.380 e. The first-order valence-corrected chi connectivity index (χ1v) is 6.63. The summed E-state index contributed by atoms with van der Waals surface area (Å²) in [5, 5.41) is 9.81. The molecule has 2 rings (SSSR count). The number of hydrogen-bond acceptors (Lipinski definition) is 1. The van der Waals surface area contributed by atoms with Crippen LogP contribution in [0.25, 0.3) is 0 Å². The third kappa shape index (κ3) is 4.99. The fraction of sp³-hybridized carbons (Fsp3) is 0.222. The molecule has 1 atom stereocenters. The van der Waals surface area contributed by atoms with Gasteiger partial charge in [-0.1, -0.05) is 60.4 Å². The Labute approximate surface area is 114 Å². The van der Waals surface area contributed by atoms with Crippen molar-refractivity contribution in [3.8, 4) is 11.8 Å². The van der Waals surface area contributed by atoms with Crippen molar-refractivity contribution in [3.05, 3.63) is 71.8 Å². The van der Waals surface area contributed by atoms with Gasteiger partial charge in [0.15, 0.2) is 0 Å². The van der Waals surface area contributed by atoms with Gasteiger partial charge >= 0.3 is 0 Å². The second kappa shape index (κ2) is 7.41. The molecule has 0 aliphatic rings. The molecule has 0 spiro atoms. The summed E-state index contributed by atoms with van der Waals surface area (Å²) in [6.07, 6.45) is 2.12. The lowest BCUT2D eigenvalue weighted by Gasteiger charge is -2.03. The molecule has 2 aromatic carbocycles. The SMILES string of the molecule is O[C@@H](C#Cc1ccccc1)CCCc1ccccc1. The van der Waals surface area contributed by atoms with E-state index in [1.165, 1.54) is 5.56 Å². The predicted octanol–water partition coefficient (Wildman–Crippen LogP) is 3.42. The van der Waals surface area contributed by atoms with Gasteiger partial charge in [0.1, 0.15) is 6.10 Å². The molecule has 1 heteroatoms. The summed E-state index contributed by atoms with van der Waals surface area (Å²) in [5.74, 6) is 5.88. The molecule has 2 aromatic rings. The van der Waals surface area contributed by atoms with Crippen molar-refractivity contribution in [2.75, 3.05) is 0 Å². The van der Waals surface area contributed by atoms with Crippen LogP contribution in [0.2, 0.25) is 0 Å². The molecular formula is C18H18O. The van der Waals surface area contributed by atoms with Crippen LogP contribution in [-0.2, 0) is 6.42 Å². The zero-order chi connectivity index (χ0) is 13.3. The van der Waals surface area contributed by atoms with Gasteiger partial charge in [-0.2, -0.15) is 0 Å². The summed E-state index contributed by atoms with van der Waals surface area (Å²) < 4.78 is 0. The molecule has 0 saturated carbocycles. The quantitative estimate of drug-likeness (QED) is 0.824. The fourth-order valence-electron chi connectivity index (χ4n) is 1.90. The molecule has 0 aromatic heterocycles. The highest BCUT2D eigenvalue weighted by Crippen LogP contribution is 2.06. The van der Waals surface area contributed by atoms with Crippen molar-refractivity contribution in [2.45, 2.75) is 25.4 Å². The van der Waals surface area contributed by atoms with E-state index in [9.17, 15) is 5.11 Å². The van der Waals surface area contributed by atoms with Crippen molar-refractivity contribution in [1.82, 2.24) is 0 Å². The van der Waals surface area contributed by atoms with Gasteiger partial charge < -0.3 is 5.11 Å². The zero-order valence-corrected chi connectivity index (χ0v) is 10.9. The molecule has 0 aliphatic heterocycles. The molecule has 96 valence electrons. The number of aliphatic hydroxyl groups excluding tert-OH is 1. The normalized spacial score (nSPS) is 11.4. The Morgan fingerprint density at radius 1 is 0.895 bits per heavy atom. The van der Waals surface area contributed by atoms with Crippen molar-refractivity contribution in [2.24, 2.45) is 0 Å². The lowest BCUT2D eigenvalue weighted by atomic mass is 10.1. The van der Waals surface area contributed by atoms with Crippen LogP contribution in [0.15, 0.2) is 60.7 Å². The molecular weight excluding hydrogens is 232 g/mol. The highest BCUT2D eigenvalue weighted by molar-refractivity contribution is 5.34. The molecule has 1 N–H and O–H groups in total. The van der Waals surface area contributed by atoms with Gasteiger partial charge in [0.25, 0.3) is 0 Å². The van der Waals surface area contributed by atoms with E-state index in [2.05, 4.69) is 24.0 Å². The van der Waals surface area contributed by atoms with Crippen LogP contribution in [0.1, 0.15) is 24.0 Å². The van der Waals surface area contributed by atoms with E-state index in [1.54, 1.807) is 0 Å². The molecule has 19 heavy (non-hydrogen) atoms. The van der Waals surface area contributed by atoms with Crippen LogP contribution in [0.5, 0.6) is 0 Å². The summed E-state index contributed by atoms with van der Waals surface area (Å²) in [6, 6.07) is 20.1. The van der Waals surface area contributed by atoms with Gasteiger partial charge in [0.05, 0.1) is 0 Å². The first-order chi connectivity index (χ1) is 9.34. The van der Waals surface area contributed by atoms with Crippen molar-refractivity contribution in [1.29, 1.82) is 0 Å². The van der Waals surface area contributed by atoms with Crippen LogP contribution < -0.4 is 0 Å². The largest absolute Gasteiger partial charge is 0.380 e. The monoisotopic (exact) mass is 250 g/mol. The van der Waals surface area contributed by atoms with E-state index in [0.29, 0.717) is 6.42 Å². The van der Waals surface area contributed by atoms with Gasteiger partial charge in [-0.25, -0.2) is 0 Å². The second-order valence-corrected chi connectivity index (χ2v) is 4.53. The highest BCUT2D eigenvalue weighted by atomic mass is 16.3. The van der Waals surface area contributed by atoms with Gasteiger partial charge in [-0.05, 0) is 37.0 Å². The molecule has 0 saturated heterocycles. The third-order valence-corrected chi connectivity index (χ3v) is 2.94. The minimum atomic E-state index is -0.538. The molecule has 0 radical (unpaired) electrons. The molecule has 0 fully saturated rings. The fourth-order valence-corrected chi connectivity index (χ4v) is 1.90. The van der Waals surface area contributed by atoms with Crippen LogP contribution in [0.3, 0.4) is 0 Å². The molecule has 0 aliphatic carbocycles. The molecule has 1 nitrogen and oxygen atoms in total. The van der Waals surface area contributed by atoms with Crippen molar-refractivity contribution < 1.29 is 5.11 Å². The Kier molecular flexibility index (Phi) is 5.22. The lowest BCUT2D eigenvalue weighted by Crippen LogP contribution is -2.03. The Bertz CT molecular complexity index is 534. The molecule has 0 heterocycles. The first kappa shape index (κ1) is 13.4. The summed E-state index contributed by atoms with van der Waals surface area (Å²) in [4.78, 5) is 0. The summed E-state index contributed by atoms with van der Waals surface area (Å²) in [7, 11) is 0. The topological polar surface area (TPSA) is 20.2 Å². The Hall–Kier alpha value is -2.04. The number of rotatable bonds is 4. The average molecular weight is 250 g/mol. The maximum Gasteiger partial charge on any atom is 0.115 e. The summed E-state index contributed by atoms with van der Waals surface area (Å²) in [6.45, 7) is 0. The zero-order valence-electron chi connectivity index (χ0n) is 10.9. The van der Waals surface area contributed by atoms with Crippen LogP contribution in [0, 0.1) is 11.8 Å². The van der Waals surface area contributed by atoms with Crippen LogP contribution in [-0.4, -0.2) is 11.2 Å². The van der Waals surface area contributed by atoms with Gasteiger partial charge in [0, 0.05) is 5.56 Å². The Morgan fingerprint density at radius 3 is 2.21 bits per heavy atom. The van der Waals surface area contributed by atoms with Crippen LogP contribution in [0.4, 0.5) is 0 Å². The lowest BCUT2D eigenvalue weighted by molar-refractivity contribution is 0.219. The maximum atomic E-state index is 9.81. The van der Waals surface area contributed by atoms with E-state index in [1.807, 2.05) is 48.5 Å². The number of aryl methyl sites for hydroxylation is 1. The van der Waals surface area contributed by atoms with Gasteiger partial charge in [-0.3, -0.25) is 0 Å². The predicted molar refractivity (Wildman–Crippen MR) is 78.7 cm³/mol. The first-order valence-electron chi connectivity index (χ1n) is 6.63. The van der Waals surface area contributed by atoms with Crippen LogP contribution >= 0.6 is 0 Å². The van der Waals surface area contributed by atoms with Gasteiger partial charge in [-0.15, -0.1) is 0 Å². The number of benzene rings is 2. The van der Waals surface area contributed by atoms with Crippen molar-refractivity contribution >= 4 is 0 Å². The van der Waals surface area contributed by atoms with E-state index in [-0.39, 0.29) is 0 Å². The van der Waals surface area contributed by atoms with E-state index >= 15 is 0 Å².